The molecule has 2 aromatic heterocycles. The molecule has 0 radical (unpaired) electrons. The maximum Gasteiger partial charge on any atom is 0.180 e. The van der Waals surface area contributed by atoms with E-state index in [9.17, 15) is 0 Å². The molecule has 3 heterocycles. The van der Waals surface area contributed by atoms with Crippen LogP contribution in [-0.4, -0.2) is 34.1 Å². The van der Waals surface area contributed by atoms with Gasteiger partial charge in [0.15, 0.2) is 5.65 Å². The minimum Gasteiger partial charge on any atom is -0.356 e. The lowest BCUT2D eigenvalue weighted by Crippen LogP contribution is -2.38. The predicted octanol–water partition coefficient (Wildman–Crippen LogP) is 1.59. The Morgan fingerprint density at radius 3 is 2.90 bits per heavy atom. The van der Waals surface area contributed by atoms with Crippen LogP contribution in [0.25, 0.3) is 11.2 Å². The molecule has 4 rings (SSSR count). The number of nitrogens with two attached hydrogens (primary N) is 1. The van der Waals surface area contributed by atoms with Gasteiger partial charge in [-0.2, -0.15) is 0 Å². The van der Waals surface area contributed by atoms with E-state index in [4.69, 9.17) is 5.73 Å². The van der Waals surface area contributed by atoms with Crippen LogP contribution >= 0.6 is 0 Å². The lowest BCUT2D eigenvalue weighted by atomic mass is 9.78. The third-order valence-electron chi connectivity index (χ3n) is 4.79. The topological polar surface area (TPSA) is 67.9 Å². The van der Waals surface area contributed by atoms with Crippen molar-refractivity contribution in [2.24, 2.45) is 17.6 Å². The number of hydrogen-bond acceptors (Lipinski definition) is 5. The first kappa shape index (κ1) is 12.0. The van der Waals surface area contributed by atoms with Gasteiger partial charge in [0.2, 0.25) is 0 Å². The van der Waals surface area contributed by atoms with Gasteiger partial charge in [0, 0.05) is 31.5 Å². The summed E-state index contributed by atoms with van der Waals surface area (Å²) in [5.41, 5.74) is 7.86. The number of pyridine rings is 1. The van der Waals surface area contributed by atoms with Crippen LogP contribution in [0.5, 0.6) is 0 Å². The molecule has 3 atom stereocenters. The Balaban J connectivity index is 1.63. The molecular formula is C15H19N5. The molecule has 5 nitrogen and oxygen atoms in total. The van der Waals surface area contributed by atoms with Crippen LogP contribution in [0.3, 0.4) is 0 Å². The highest BCUT2D eigenvalue weighted by Crippen LogP contribution is 2.37. The van der Waals surface area contributed by atoms with Crippen molar-refractivity contribution >= 4 is 17.0 Å². The largest absolute Gasteiger partial charge is 0.356 e. The Morgan fingerprint density at radius 1 is 1.10 bits per heavy atom. The molecule has 3 unspecified atom stereocenters. The van der Waals surface area contributed by atoms with E-state index in [0.29, 0.717) is 12.0 Å². The molecule has 2 aromatic rings. The smallest absolute Gasteiger partial charge is 0.180 e. The van der Waals surface area contributed by atoms with Crippen molar-refractivity contribution in [1.29, 1.82) is 0 Å². The predicted molar refractivity (Wildman–Crippen MR) is 78.4 cm³/mol. The first-order valence-corrected chi connectivity index (χ1v) is 7.39. The van der Waals surface area contributed by atoms with Crippen LogP contribution in [0, 0.1) is 11.8 Å². The molecule has 0 amide bonds. The molecular weight excluding hydrogens is 250 g/mol. The molecule has 2 fully saturated rings. The van der Waals surface area contributed by atoms with E-state index in [-0.39, 0.29) is 0 Å². The zero-order valence-electron chi connectivity index (χ0n) is 11.4. The van der Waals surface area contributed by atoms with Gasteiger partial charge in [-0.1, -0.05) is 6.42 Å². The Kier molecular flexibility index (Phi) is 2.80. The van der Waals surface area contributed by atoms with Crippen molar-refractivity contribution in [3.8, 4) is 0 Å². The summed E-state index contributed by atoms with van der Waals surface area (Å²) >= 11 is 0. The average molecular weight is 269 g/mol. The van der Waals surface area contributed by atoms with Crippen LogP contribution in [0.1, 0.15) is 19.3 Å². The lowest BCUT2D eigenvalue weighted by Gasteiger charge is -2.29. The first-order valence-electron chi connectivity index (χ1n) is 7.39. The highest BCUT2D eigenvalue weighted by Gasteiger charge is 2.39. The fourth-order valence-electron chi connectivity index (χ4n) is 3.72. The van der Waals surface area contributed by atoms with Crippen LogP contribution in [-0.2, 0) is 0 Å². The fraction of sp³-hybridized carbons (Fsp3) is 0.533. The number of anilines is 1. The molecule has 1 saturated carbocycles. The Labute approximate surface area is 118 Å². The minimum atomic E-state index is 0.360. The summed E-state index contributed by atoms with van der Waals surface area (Å²) < 4.78 is 0. The van der Waals surface area contributed by atoms with Crippen molar-refractivity contribution in [3.05, 3.63) is 24.5 Å². The zero-order chi connectivity index (χ0) is 13.5. The Bertz CT molecular complexity index is 628. The van der Waals surface area contributed by atoms with Crippen molar-refractivity contribution in [2.75, 3.05) is 18.0 Å². The monoisotopic (exact) mass is 269 g/mol. The number of nitrogens with zero attached hydrogens (tertiary/aromatic N) is 4. The van der Waals surface area contributed by atoms with Gasteiger partial charge < -0.3 is 10.6 Å². The summed E-state index contributed by atoms with van der Waals surface area (Å²) in [6, 6.07) is 4.42. The fourth-order valence-corrected chi connectivity index (χ4v) is 3.72. The average Bonchev–Trinajstić information content (AvgIpc) is 2.92. The molecule has 0 aromatic carbocycles. The van der Waals surface area contributed by atoms with Crippen molar-refractivity contribution in [3.63, 3.8) is 0 Å². The standard InChI is InChI=1S/C15H19N5/c16-12-3-1-2-10-8-20(9-11(10)12)14-5-4-13-15(19-14)18-7-6-17-13/h4-7,10-12H,1-3,8-9,16H2. The van der Waals surface area contributed by atoms with Gasteiger partial charge in [0.25, 0.3) is 0 Å². The van der Waals surface area contributed by atoms with Gasteiger partial charge in [-0.3, -0.25) is 4.98 Å². The molecule has 20 heavy (non-hydrogen) atoms. The molecule has 2 N–H and O–H groups in total. The quantitative estimate of drug-likeness (QED) is 0.851. The normalized spacial score (nSPS) is 29.6. The summed E-state index contributed by atoms with van der Waals surface area (Å²) in [5.74, 6) is 2.38. The minimum absolute atomic E-state index is 0.360. The maximum absolute atomic E-state index is 6.28. The van der Waals surface area contributed by atoms with E-state index in [2.05, 4.69) is 25.9 Å². The summed E-state index contributed by atoms with van der Waals surface area (Å²) in [5, 5.41) is 0. The van der Waals surface area contributed by atoms with Gasteiger partial charge in [0.1, 0.15) is 11.3 Å². The van der Waals surface area contributed by atoms with E-state index >= 15 is 0 Å². The summed E-state index contributed by atoms with van der Waals surface area (Å²) in [6.07, 6.45) is 7.15. The molecule has 0 bridgehead atoms. The number of rotatable bonds is 1. The number of fused-ring (bicyclic) bond motifs is 2. The molecule has 1 aliphatic carbocycles. The molecule has 1 aliphatic heterocycles. The van der Waals surface area contributed by atoms with E-state index in [1.807, 2.05) is 6.07 Å². The van der Waals surface area contributed by atoms with E-state index in [1.165, 1.54) is 19.3 Å². The summed E-state index contributed by atoms with van der Waals surface area (Å²) in [6.45, 7) is 2.11. The number of hydrogen-bond donors (Lipinski definition) is 1. The lowest BCUT2D eigenvalue weighted by molar-refractivity contribution is 0.260. The second-order valence-electron chi connectivity index (χ2n) is 5.99. The molecule has 1 saturated heterocycles. The van der Waals surface area contributed by atoms with Crippen LogP contribution in [0.2, 0.25) is 0 Å². The SMILES string of the molecule is NC1CCCC2CN(c3ccc4nccnc4n3)CC12. The first-order chi connectivity index (χ1) is 9.81. The van der Waals surface area contributed by atoms with Crippen molar-refractivity contribution in [1.82, 2.24) is 15.0 Å². The molecule has 0 spiro atoms. The van der Waals surface area contributed by atoms with Gasteiger partial charge >= 0.3 is 0 Å². The van der Waals surface area contributed by atoms with E-state index < -0.39 is 0 Å². The molecule has 2 aliphatic rings. The maximum atomic E-state index is 6.28. The van der Waals surface area contributed by atoms with E-state index in [0.717, 1.165) is 36.0 Å². The van der Waals surface area contributed by atoms with E-state index in [1.54, 1.807) is 12.4 Å². The van der Waals surface area contributed by atoms with Gasteiger partial charge in [-0.15, -0.1) is 0 Å². The Hall–Kier alpha value is -1.75. The third kappa shape index (κ3) is 1.93. The van der Waals surface area contributed by atoms with Gasteiger partial charge in [-0.25, -0.2) is 9.97 Å². The number of aromatic nitrogens is 3. The molecule has 5 heteroatoms. The summed E-state index contributed by atoms with van der Waals surface area (Å²) in [7, 11) is 0. The highest BCUT2D eigenvalue weighted by atomic mass is 15.2. The second kappa shape index (κ2) is 4.66. The van der Waals surface area contributed by atoms with Crippen molar-refractivity contribution in [2.45, 2.75) is 25.3 Å². The van der Waals surface area contributed by atoms with Crippen LogP contribution in [0.15, 0.2) is 24.5 Å². The van der Waals surface area contributed by atoms with Gasteiger partial charge in [-0.05, 0) is 36.8 Å². The zero-order valence-corrected chi connectivity index (χ0v) is 11.4. The summed E-state index contributed by atoms with van der Waals surface area (Å²) in [4.78, 5) is 15.6. The van der Waals surface area contributed by atoms with Crippen LogP contribution in [0.4, 0.5) is 5.82 Å². The van der Waals surface area contributed by atoms with Crippen molar-refractivity contribution < 1.29 is 0 Å². The van der Waals surface area contributed by atoms with Crippen LogP contribution < -0.4 is 10.6 Å². The highest BCUT2D eigenvalue weighted by molar-refractivity contribution is 5.71. The third-order valence-corrected chi connectivity index (χ3v) is 4.79. The van der Waals surface area contributed by atoms with Gasteiger partial charge in [0.05, 0.1) is 0 Å². The second-order valence-corrected chi connectivity index (χ2v) is 5.99. The molecule has 104 valence electrons. The Morgan fingerprint density at radius 2 is 2.00 bits per heavy atom.